The molecule has 1 aromatic heterocycles. The Balaban J connectivity index is 2.51. The first-order valence-electron chi connectivity index (χ1n) is 6.14. The number of benzene rings is 1. The molecule has 2 aromatic rings. The summed E-state index contributed by atoms with van der Waals surface area (Å²) >= 11 is 3.36. The highest BCUT2D eigenvalue weighted by atomic mass is 79.9. The molecular formula is C14H15BrO4. The zero-order chi connectivity index (χ0) is 13.8. The van der Waals surface area contributed by atoms with E-state index in [1.54, 1.807) is 13.0 Å². The standard InChI is InChI=1S/C14H15BrO4/c1-2-18-14(17)13-10-6-5-9(16)8-12(10)19-11(13)4-3-7-15/h5-6,8,16H,2-4,7H2,1H3. The molecule has 0 unspecified atom stereocenters. The minimum absolute atomic E-state index is 0.115. The number of carbonyl (C=O) groups excluding carboxylic acids is 1. The van der Waals surface area contributed by atoms with Crippen molar-refractivity contribution in [2.45, 2.75) is 19.8 Å². The third-order valence-corrected chi connectivity index (χ3v) is 3.32. The molecule has 0 spiro atoms. The van der Waals surface area contributed by atoms with Crippen LogP contribution >= 0.6 is 15.9 Å². The average molecular weight is 327 g/mol. The maximum absolute atomic E-state index is 12.0. The first-order chi connectivity index (χ1) is 9.17. The van der Waals surface area contributed by atoms with Gasteiger partial charge in [-0.1, -0.05) is 15.9 Å². The number of esters is 1. The van der Waals surface area contributed by atoms with E-state index in [4.69, 9.17) is 9.15 Å². The van der Waals surface area contributed by atoms with Crippen LogP contribution in [0.2, 0.25) is 0 Å². The van der Waals surface area contributed by atoms with Gasteiger partial charge in [0.15, 0.2) is 0 Å². The van der Waals surface area contributed by atoms with Crippen LogP contribution < -0.4 is 0 Å². The van der Waals surface area contributed by atoms with Gasteiger partial charge < -0.3 is 14.3 Å². The third-order valence-electron chi connectivity index (χ3n) is 2.76. The van der Waals surface area contributed by atoms with E-state index in [0.717, 1.165) is 11.8 Å². The van der Waals surface area contributed by atoms with Crippen LogP contribution in [0.25, 0.3) is 11.0 Å². The maximum Gasteiger partial charge on any atom is 0.342 e. The molecule has 1 heterocycles. The molecule has 0 fully saturated rings. The Morgan fingerprint density at radius 3 is 2.95 bits per heavy atom. The monoisotopic (exact) mass is 326 g/mol. The normalized spacial score (nSPS) is 10.8. The lowest BCUT2D eigenvalue weighted by molar-refractivity contribution is 0.0526. The van der Waals surface area contributed by atoms with Gasteiger partial charge in [0.05, 0.1) is 6.61 Å². The number of aryl methyl sites for hydroxylation is 1. The van der Waals surface area contributed by atoms with E-state index in [2.05, 4.69) is 15.9 Å². The van der Waals surface area contributed by atoms with Crippen LogP contribution in [0.4, 0.5) is 0 Å². The highest BCUT2D eigenvalue weighted by Gasteiger charge is 2.21. The number of ether oxygens (including phenoxy) is 1. The van der Waals surface area contributed by atoms with Crippen LogP contribution in [0.5, 0.6) is 5.75 Å². The summed E-state index contributed by atoms with van der Waals surface area (Å²) in [5.74, 6) is 0.346. The zero-order valence-corrected chi connectivity index (χ0v) is 12.2. The van der Waals surface area contributed by atoms with Crippen molar-refractivity contribution in [1.82, 2.24) is 0 Å². The number of carbonyl (C=O) groups is 1. The molecule has 102 valence electrons. The van der Waals surface area contributed by atoms with Crippen molar-refractivity contribution in [2.75, 3.05) is 11.9 Å². The zero-order valence-electron chi connectivity index (χ0n) is 10.6. The lowest BCUT2D eigenvalue weighted by Crippen LogP contribution is -2.06. The van der Waals surface area contributed by atoms with Crippen LogP contribution in [0.1, 0.15) is 29.5 Å². The van der Waals surface area contributed by atoms with Gasteiger partial charge in [0.2, 0.25) is 0 Å². The minimum Gasteiger partial charge on any atom is -0.508 e. The number of hydrogen-bond acceptors (Lipinski definition) is 4. The summed E-state index contributed by atoms with van der Waals surface area (Å²) in [6.07, 6.45) is 1.51. The summed E-state index contributed by atoms with van der Waals surface area (Å²) in [6.45, 7) is 2.09. The van der Waals surface area contributed by atoms with Crippen LogP contribution in [-0.4, -0.2) is 23.0 Å². The van der Waals surface area contributed by atoms with Crippen LogP contribution in [0.3, 0.4) is 0 Å². The number of hydrogen-bond donors (Lipinski definition) is 1. The Morgan fingerprint density at radius 2 is 2.26 bits per heavy atom. The Hall–Kier alpha value is -1.49. The Kier molecular flexibility index (Phi) is 4.47. The predicted octanol–water partition coefficient (Wildman–Crippen LogP) is 3.64. The first-order valence-corrected chi connectivity index (χ1v) is 7.27. The van der Waals surface area contributed by atoms with E-state index >= 15 is 0 Å². The van der Waals surface area contributed by atoms with Gasteiger partial charge in [-0.25, -0.2) is 4.79 Å². The van der Waals surface area contributed by atoms with Crippen molar-refractivity contribution in [3.63, 3.8) is 0 Å². The molecule has 5 heteroatoms. The molecular weight excluding hydrogens is 312 g/mol. The molecule has 0 atom stereocenters. The highest BCUT2D eigenvalue weighted by Crippen LogP contribution is 2.30. The van der Waals surface area contributed by atoms with E-state index in [-0.39, 0.29) is 11.7 Å². The second-order valence-electron chi connectivity index (χ2n) is 4.09. The number of rotatable bonds is 5. The molecule has 0 radical (unpaired) electrons. The van der Waals surface area contributed by atoms with E-state index < -0.39 is 0 Å². The quantitative estimate of drug-likeness (QED) is 0.673. The van der Waals surface area contributed by atoms with Gasteiger partial charge in [-0.05, 0) is 25.5 Å². The first kappa shape index (κ1) is 13.9. The number of phenolic OH excluding ortho intramolecular Hbond substituents is 1. The summed E-state index contributed by atoms with van der Waals surface area (Å²) in [6, 6.07) is 4.72. The second-order valence-corrected chi connectivity index (χ2v) is 4.89. The Morgan fingerprint density at radius 1 is 1.47 bits per heavy atom. The van der Waals surface area contributed by atoms with Gasteiger partial charge in [-0.2, -0.15) is 0 Å². The second kappa shape index (κ2) is 6.10. The summed E-state index contributed by atoms with van der Waals surface area (Å²) in [7, 11) is 0. The predicted molar refractivity (Wildman–Crippen MR) is 76.0 cm³/mol. The van der Waals surface area contributed by atoms with Crippen LogP contribution in [0, 0.1) is 0 Å². The molecule has 0 amide bonds. The Labute approximate surface area is 119 Å². The van der Waals surface area contributed by atoms with Gasteiger partial charge in [0.25, 0.3) is 0 Å². The van der Waals surface area contributed by atoms with E-state index in [0.29, 0.717) is 35.3 Å². The van der Waals surface area contributed by atoms with Crippen molar-refractivity contribution in [3.8, 4) is 5.75 Å². The van der Waals surface area contributed by atoms with Crippen LogP contribution in [-0.2, 0) is 11.2 Å². The fraction of sp³-hybridized carbons (Fsp3) is 0.357. The topological polar surface area (TPSA) is 59.7 Å². The molecule has 0 saturated heterocycles. The molecule has 0 saturated carbocycles. The molecule has 0 aliphatic carbocycles. The number of aromatic hydroxyl groups is 1. The van der Waals surface area contributed by atoms with Crippen molar-refractivity contribution >= 4 is 32.9 Å². The SMILES string of the molecule is CCOC(=O)c1c(CCCBr)oc2cc(O)ccc12. The van der Waals surface area contributed by atoms with Gasteiger partial charge in [-0.15, -0.1) is 0 Å². The van der Waals surface area contributed by atoms with E-state index in [1.807, 2.05) is 0 Å². The van der Waals surface area contributed by atoms with E-state index in [1.165, 1.54) is 12.1 Å². The third kappa shape index (κ3) is 2.92. The number of furan rings is 1. The molecule has 1 N–H and O–H groups in total. The average Bonchev–Trinajstić information content (AvgIpc) is 2.73. The van der Waals surface area contributed by atoms with Gasteiger partial charge in [0, 0.05) is 23.2 Å². The van der Waals surface area contributed by atoms with E-state index in [9.17, 15) is 9.90 Å². The molecule has 1 aromatic carbocycles. The lowest BCUT2D eigenvalue weighted by Gasteiger charge is -2.02. The fourth-order valence-corrected chi connectivity index (χ4v) is 2.25. The minimum atomic E-state index is -0.378. The van der Waals surface area contributed by atoms with Gasteiger partial charge in [0.1, 0.15) is 22.7 Å². The molecule has 2 rings (SSSR count). The summed E-state index contributed by atoms with van der Waals surface area (Å²) in [4.78, 5) is 12.0. The number of phenols is 1. The largest absolute Gasteiger partial charge is 0.508 e. The van der Waals surface area contributed by atoms with Crippen molar-refractivity contribution in [2.24, 2.45) is 0 Å². The number of halogens is 1. The van der Waals surface area contributed by atoms with Crippen molar-refractivity contribution < 1.29 is 19.1 Å². The van der Waals surface area contributed by atoms with Crippen LogP contribution in [0.15, 0.2) is 22.6 Å². The summed E-state index contributed by atoms with van der Waals surface area (Å²) < 4.78 is 10.7. The molecule has 0 aliphatic rings. The maximum atomic E-state index is 12.0. The summed E-state index contributed by atoms with van der Waals surface area (Å²) in [5.41, 5.74) is 0.977. The van der Waals surface area contributed by atoms with Gasteiger partial charge in [-0.3, -0.25) is 0 Å². The molecule has 0 aliphatic heterocycles. The smallest absolute Gasteiger partial charge is 0.342 e. The highest BCUT2D eigenvalue weighted by molar-refractivity contribution is 9.09. The van der Waals surface area contributed by atoms with Crippen molar-refractivity contribution in [3.05, 3.63) is 29.5 Å². The van der Waals surface area contributed by atoms with Gasteiger partial charge >= 0.3 is 5.97 Å². The summed E-state index contributed by atoms with van der Waals surface area (Å²) in [5, 5.41) is 11.0. The van der Waals surface area contributed by atoms with Crippen molar-refractivity contribution in [1.29, 1.82) is 0 Å². The number of alkyl halides is 1. The fourth-order valence-electron chi connectivity index (χ4n) is 1.97. The molecule has 19 heavy (non-hydrogen) atoms. The lowest BCUT2D eigenvalue weighted by atomic mass is 10.1. The Bertz CT molecular complexity index is 588. The molecule has 4 nitrogen and oxygen atoms in total. The number of fused-ring (bicyclic) bond motifs is 1. The molecule has 0 bridgehead atoms.